The Labute approximate surface area is 167 Å². The number of nitrogens with one attached hydrogen (secondary N) is 2. The molecule has 0 bridgehead atoms. The van der Waals surface area contributed by atoms with Crippen LogP contribution in [0.2, 0.25) is 0 Å². The zero-order valence-electron chi connectivity index (χ0n) is 15.7. The molecule has 1 aliphatic carbocycles. The van der Waals surface area contributed by atoms with Crippen molar-refractivity contribution < 1.29 is 9.59 Å². The third-order valence-corrected chi connectivity index (χ3v) is 5.69. The molecular weight excluding hydrogens is 366 g/mol. The van der Waals surface area contributed by atoms with Crippen molar-refractivity contribution in [1.29, 1.82) is 0 Å². The van der Waals surface area contributed by atoms with Crippen molar-refractivity contribution in [3.63, 3.8) is 0 Å². The lowest BCUT2D eigenvalue weighted by Gasteiger charge is -2.26. The molecule has 7 heteroatoms. The van der Waals surface area contributed by atoms with Crippen LogP contribution in [0.15, 0.2) is 41.5 Å². The first-order valence-corrected chi connectivity index (χ1v) is 9.68. The third-order valence-electron chi connectivity index (χ3n) is 5.69. The highest BCUT2D eigenvalue weighted by Crippen LogP contribution is 2.35. The molecule has 3 aromatic rings. The first-order valence-electron chi connectivity index (χ1n) is 9.68. The van der Waals surface area contributed by atoms with Gasteiger partial charge in [0.05, 0.1) is 23.0 Å². The zero-order valence-corrected chi connectivity index (χ0v) is 15.7. The molecule has 5 rings (SSSR count). The van der Waals surface area contributed by atoms with Gasteiger partial charge in [-0.1, -0.05) is 24.6 Å². The Kier molecular flexibility index (Phi) is 4.17. The largest absolute Gasteiger partial charge is 0.351 e. The summed E-state index contributed by atoms with van der Waals surface area (Å²) in [5.41, 5.74) is 12.5. The first kappa shape index (κ1) is 17.6. The molecule has 0 atom stereocenters. The molecule has 145 valence electrons. The van der Waals surface area contributed by atoms with Crippen molar-refractivity contribution in [2.75, 3.05) is 0 Å². The summed E-state index contributed by atoms with van der Waals surface area (Å²) in [5, 5.41) is 8.24. The van der Waals surface area contributed by atoms with Gasteiger partial charge < -0.3 is 11.1 Å². The minimum absolute atomic E-state index is 0.339. The first-order chi connectivity index (χ1) is 14.1. The van der Waals surface area contributed by atoms with Gasteiger partial charge in [-0.2, -0.15) is 5.10 Å². The summed E-state index contributed by atoms with van der Waals surface area (Å²) >= 11 is 0. The monoisotopic (exact) mass is 386 g/mol. The number of hydrazone groups is 1. The Hall–Kier alpha value is -3.45. The van der Waals surface area contributed by atoms with E-state index in [-0.39, 0.29) is 5.91 Å². The van der Waals surface area contributed by atoms with Crippen LogP contribution in [0, 0.1) is 6.07 Å². The fraction of sp³-hybridized carbons (Fsp3) is 0.227. The van der Waals surface area contributed by atoms with Crippen LogP contribution in [0.25, 0.3) is 22.2 Å². The van der Waals surface area contributed by atoms with E-state index in [1.165, 1.54) is 23.8 Å². The fourth-order valence-electron chi connectivity index (χ4n) is 4.04. The molecule has 29 heavy (non-hydrogen) atoms. The SMILES string of the molecule is NC(=O)n1c(-c2cccc(CNC3CCC3)c2)c2c3c(c[c]cc31)C(=O)NN=C2. The Bertz CT molecular complexity index is 1170. The lowest BCUT2D eigenvalue weighted by molar-refractivity contribution is 0.0957. The highest BCUT2D eigenvalue weighted by molar-refractivity contribution is 6.19. The molecule has 1 fully saturated rings. The number of nitrogens with zero attached hydrogens (tertiary/aromatic N) is 2. The van der Waals surface area contributed by atoms with E-state index in [9.17, 15) is 9.59 Å². The summed E-state index contributed by atoms with van der Waals surface area (Å²) in [6.45, 7) is 0.762. The van der Waals surface area contributed by atoms with Gasteiger partial charge in [-0.15, -0.1) is 0 Å². The molecular formula is C22H20N5O2. The molecule has 2 amide bonds. The lowest BCUT2D eigenvalue weighted by Crippen LogP contribution is -2.34. The van der Waals surface area contributed by atoms with Crippen LogP contribution in [-0.2, 0) is 6.54 Å². The fourth-order valence-corrected chi connectivity index (χ4v) is 4.04. The molecule has 2 aliphatic rings. The molecule has 0 saturated heterocycles. The van der Waals surface area contributed by atoms with Gasteiger partial charge >= 0.3 is 6.03 Å². The smallest absolute Gasteiger partial charge is 0.323 e. The maximum atomic E-state index is 12.4. The van der Waals surface area contributed by atoms with Crippen LogP contribution in [-0.4, -0.2) is 28.8 Å². The van der Waals surface area contributed by atoms with Crippen molar-refractivity contribution in [1.82, 2.24) is 15.3 Å². The zero-order chi connectivity index (χ0) is 20.0. The molecule has 1 aromatic heterocycles. The predicted molar refractivity (Wildman–Crippen MR) is 111 cm³/mol. The second-order valence-corrected chi connectivity index (χ2v) is 7.47. The van der Waals surface area contributed by atoms with Crippen molar-refractivity contribution in [2.24, 2.45) is 10.8 Å². The molecule has 0 spiro atoms. The van der Waals surface area contributed by atoms with Gasteiger partial charge in [-0.05, 0) is 48.2 Å². The number of benzene rings is 2. The Morgan fingerprint density at radius 2 is 2.21 bits per heavy atom. The summed E-state index contributed by atoms with van der Waals surface area (Å²) in [4.78, 5) is 24.8. The highest BCUT2D eigenvalue weighted by Gasteiger charge is 2.26. The molecule has 1 saturated carbocycles. The third kappa shape index (κ3) is 2.91. The average Bonchev–Trinajstić information content (AvgIpc) is 2.92. The molecule has 7 nitrogen and oxygen atoms in total. The number of amides is 2. The normalized spacial score (nSPS) is 15.8. The maximum absolute atomic E-state index is 12.4. The van der Waals surface area contributed by atoms with Crippen molar-refractivity contribution in [2.45, 2.75) is 31.8 Å². The minimum Gasteiger partial charge on any atom is -0.351 e. The van der Waals surface area contributed by atoms with Crippen molar-refractivity contribution in [3.05, 3.63) is 59.2 Å². The Morgan fingerprint density at radius 3 is 2.97 bits per heavy atom. The highest BCUT2D eigenvalue weighted by atomic mass is 16.2. The van der Waals surface area contributed by atoms with E-state index in [1.807, 2.05) is 18.2 Å². The van der Waals surface area contributed by atoms with Gasteiger partial charge in [0, 0.05) is 23.5 Å². The van der Waals surface area contributed by atoms with E-state index in [0.717, 1.165) is 17.7 Å². The molecule has 2 aromatic carbocycles. The van der Waals surface area contributed by atoms with E-state index in [2.05, 4.69) is 28.0 Å². The number of hydrogen-bond acceptors (Lipinski definition) is 4. The number of aromatic nitrogens is 1. The van der Waals surface area contributed by atoms with Gasteiger partial charge in [0.25, 0.3) is 5.91 Å². The van der Waals surface area contributed by atoms with Gasteiger partial charge in [-0.25, -0.2) is 10.2 Å². The van der Waals surface area contributed by atoms with Crippen LogP contribution < -0.4 is 16.5 Å². The summed E-state index contributed by atoms with van der Waals surface area (Å²) in [6.07, 6.45) is 5.29. The quantitative estimate of drug-likeness (QED) is 0.642. The second kappa shape index (κ2) is 6.86. The number of carbonyl (C=O) groups excluding carboxylic acids is 2. The molecule has 2 heterocycles. The minimum atomic E-state index is -0.617. The Morgan fingerprint density at radius 1 is 1.34 bits per heavy atom. The Balaban J connectivity index is 1.69. The number of hydrogen-bond donors (Lipinski definition) is 3. The number of nitrogens with two attached hydrogens (primary N) is 1. The summed E-state index contributed by atoms with van der Waals surface area (Å²) in [6, 6.07) is 14.2. The van der Waals surface area contributed by atoms with Gasteiger partial charge in [0.15, 0.2) is 0 Å². The van der Waals surface area contributed by atoms with Crippen LogP contribution in [0.1, 0.15) is 40.7 Å². The summed E-state index contributed by atoms with van der Waals surface area (Å²) in [7, 11) is 0. The molecule has 1 radical (unpaired) electrons. The number of primary amides is 1. The standard InChI is InChI=1S/C22H20N5O2/c23-22(29)27-18-9-3-8-16-19(18)17(12-25-26-21(16)28)20(27)14-5-1-4-13(10-14)11-24-15-6-2-7-15/h1,4-5,8-10,12,15,24H,2,6-7,11H2,(H2,23,29)(H,26,28). The number of carbonyl (C=O) groups is 2. The summed E-state index contributed by atoms with van der Waals surface area (Å²) in [5.74, 6) is -0.339. The molecule has 1 aliphatic heterocycles. The van der Waals surface area contributed by atoms with Crippen LogP contribution in [0.5, 0.6) is 0 Å². The average molecular weight is 386 g/mol. The van der Waals surface area contributed by atoms with Gasteiger partial charge in [-0.3, -0.25) is 9.36 Å². The van der Waals surface area contributed by atoms with E-state index in [1.54, 1.807) is 18.3 Å². The topological polar surface area (TPSA) is 102 Å². The van der Waals surface area contributed by atoms with Gasteiger partial charge in [0.2, 0.25) is 0 Å². The molecule has 0 unspecified atom stereocenters. The second-order valence-electron chi connectivity index (χ2n) is 7.47. The van der Waals surface area contributed by atoms with Crippen molar-refractivity contribution in [3.8, 4) is 11.3 Å². The van der Waals surface area contributed by atoms with Crippen LogP contribution in [0.4, 0.5) is 4.79 Å². The van der Waals surface area contributed by atoms with E-state index < -0.39 is 6.03 Å². The lowest BCUT2D eigenvalue weighted by atomic mass is 9.93. The van der Waals surface area contributed by atoms with Crippen LogP contribution in [0.3, 0.4) is 0 Å². The molecule has 4 N–H and O–H groups in total. The van der Waals surface area contributed by atoms with E-state index >= 15 is 0 Å². The maximum Gasteiger partial charge on any atom is 0.323 e. The van der Waals surface area contributed by atoms with Crippen molar-refractivity contribution >= 4 is 29.1 Å². The predicted octanol–water partition coefficient (Wildman–Crippen LogP) is 2.75. The number of rotatable bonds is 4. The van der Waals surface area contributed by atoms with Gasteiger partial charge in [0.1, 0.15) is 0 Å². The van der Waals surface area contributed by atoms with E-state index in [0.29, 0.717) is 33.8 Å². The van der Waals surface area contributed by atoms with Crippen LogP contribution >= 0.6 is 0 Å². The summed E-state index contributed by atoms with van der Waals surface area (Å²) < 4.78 is 1.44. The van der Waals surface area contributed by atoms with E-state index in [4.69, 9.17) is 5.73 Å².